The lowest BCUT2D eigenvalue weighted by atomic mass is 9.95. The number of benzene rings is 2. The standard InChI is InChI=1S/C29H36N4O4/c1-2-3-17-33-19-21(18-26(33)34)28(36)30-23-15-13-20(14-16-23)27(35)32-25-12-8-7-11-24(25)29(37)31-22-9-5-4-6-10-22/h7-8,11-16,21-22H,2-6,9-10,17-19H2,1H3,(H,30,36)(H,31,37)(H,32,35). The van der Waals surface area contributed by atoms with Crippen molar-refractivity contribution in [2.45, 2.75) is 64.3 Å². The van der Waals surface area contributed by atoms with Gasteiger partial charge in [0.1, 0.15) is 0 Å². The molecule has 196 valence electrons. The van der Waals surface area contributed by atoms with Crippen molar-refractivity contribution in [3.63, 3.8) is 0 Å². The summed E-state index contributed by atoms with van der Waals surface area (Å²) in [6.07, 6.45) is 7.57. The molecule has 1 heterocycles. The molecule has 0 spiro atoms. The number of hydrogen-bond acceptors (Lipinski definition) is 4. The van der Waals surface area contributed by atoms with Gasteiger partial charge in [0.25, 0.3) is 11.8 Å². The minimum atomic E-state index is -0.372. The van der Waals surface area contributed by atoms with Gasteiger partial charge >= 0.3 is 0 Å². The molecule has 1 unspecified atom stereocenters. The molecule has 1 saturated carbocycles. The summed E-state index contributed by atoms with van der Waals surface area (Å²) in [5.41, 5.74) is 1.86. The highest BCUT2D eigenvalue weighted by Crippen LogP contribution is 2.22. The number of carbonyl (C=O) groups is 4. The number of rotatable bonds is 9. The number of para-hydroxylation sites is 1. The first-order valence-corrected chi connectivity index (χ1v) is 13.3. The Bertz CT molecular complexity index is 1120. The minimum absolute atomic E-state index is 0.0216. The van der Waals surface area contributed by atoms with Gasteiger partial charge in [-0.15, -0.1) is 0 Å². The lowest BCUT2D eigenvalue weighted by Crippen LogP contribution is -2.36. The van der Waals surface area contributed by atoms with E-state index in [1.54, 1.807) is 53.4 Å². The maximum Gasteiger partial charge on any atom is 0.255 e. The number of likely N-dealkylation sites (tertiary alicyclic amines) is 1. The fourth-order valence-electron chi connectivity index (χ4n) is 4.96. The second kappa shape index (κ2) is 12.5. The van der Waals surface area contributed by atoms with E-state index in [1.165, 1.54) is 6.42 Å². The van der Waals surface area contributed by atoms with Gasteiger partial charge in [-0.3, -0.25) is 19.2 Å². The van der Waals surface area contributed by atoms with Crippen molar-refractivity contribution < 1.29 is 19.2 Å². The average molecular weight is 505 g/mol. The molecule has 1 aliphatic carbocycles. The van der Waals surface area contributed by atoms with Gasteiger partial charge in [0.2, 0.25) is 11.8 Å². The third-order valence-electron chi connectivity index (χ3n) is 7.14. The van der Waals surface area contributed by atoms with E-state index < -0.39 is 0 Å². The van der Waals surface area contributed by atoms with Gasteiger partial charge in [-0.05, 0) is 55.7 Å². The maximum absolute atomic E-state index is 12.9. The molecule has 1 saturated heterocycles. The molecular weight excluding hydrogens is 468 g/mol. The van der Waals surface area contributed by atoms with Crippen LogP contribution in [0.5, 0.6) is 0 Å². The number of amides is 4. The summed E-state index contributed by atoms with van der Waals surface area (Å²) in [6, 6.07) is 13.8. The number of unbranched alkanes of at least 4 members (excludes halogenated alkanes) is 1. The molecule has 2 aliphatic rings. The van der Waals surface area contributed by atoms with Crippen LogP contribution in [-0.4, -0.2) is 47.7 Å². The molecule has 3 N–H and O–H groups in total. The lowest BCUT2D eigenvalue weighted by molar-refractivity contribution is -0.128. The second-order valence-corrected chi connectivity index (χ2v) is 9.97. The average Bonchev–Trinajstić information content (AvgIpc) is 3.29. The van der Waals surface area contributed by atoms with Crippen LogP contribution in [-0.2, 0) is 9.59 Å². The van der Waals surface area contributed by atoms with Crippen molar-refractivity contribution >= 4 is 35.0 Å². The minimum Gasteiger partial charge on any atom is -0.349 e. The number of nitrogens with one attached hydrogen (secondary N) is 3. The monoisotopic (exact) mass is 504 g/mol. The van der Waals surface area contributed by atoms with Crippen LogP contribution in [0.3, 0.4) is 0 Å². The third-order valence-corrected chi connectivity index (χ3v) is 7.14. The molecule has 1 atom stereocenters. The van der Waals surface area contributed by atoms with Gasteiger partial charge in [0.05, 0.1) is 17.2 Å². The Hall–Kier alpha value is -3.68. The van der Waals surface area contributed by atoms with E-state index in [1.807, 2.05) is 0 Å². The smallest absolute Gasteiger partial charge is 0.255 e. The van der Waals surface area contributed by atoms with E-state index in [4.69, 9.17) is 0 Å². The normalized spacial score (nSPS) is 17.9. The van der Waals surface area contributed by atoms with E-state index in [-0.39, 0.29) is 42.0 Å². The predicted octanol–water partition coefficient (Wildman–Crippen LogP) is 4.59. The first-order valence-electron chi connectivity index (χ1n) is 13.3. The summed E-state index contributed by atoms with van der Waals surface area (Å²) < 4.78 is 0. The topological polar surface area (TPSA) is 108 Å². The zero-order valence-electron chi connectivity index (χ0n) is 21.4. The van der Waals surface area contributed by atoms with Gasteiger partial charge < -0.3 is 20.9 Å². The van der Waals surface area contributed by atoms with Gasteiger partial charge in [-0.1, -0.05) is 44.7 Å². The summed E-state index contributed by atoms with van der Waals surface area (Å²) in [4.78, 5) is 52.4. The number of nitrogens with zero attached hydrogens (tertiary/aromatic N) is 1. The van der Waals surface area contributed by atoms with Crippen LogP contribution < -0.4 is 16.0 Å². The first kappa shape index (κ1) is 26.4. The molecule has 8 heteroatoms. The highest BCUT2D eigenvalue weighted by atomic mass is 16.2. The first-order chi connectivity index (χ1) is 17.9. The van der Waals surface area contributed by atoms with Gasteiger partial charge in [-0.2, -0.15) is 0 Å². The summed E-state index contributed by atoms with van der Waals surface area (Å²) in [5.74, 6) is -1.07. The molecule has 4 rings (SSSR count). The number of anilines is 2. The summed E-state index contributed by atoms with van der Waals surface area (Å²) in [5, 5.41) is 8.80. The van der Waals surface area contributed by atoms with Crippen LogP contribution >= 0.6 is 0 Å². The molecule has 0 bridgehead atoms. The van der Waals surface area contributed by atoms with Crippen molar-refractivity contribution in [2.75, 3.05) is 23.7 Å². The largest absolute Gasteiger partial charge is 0.349 e. The van der Waals surface area contributed by atoms with Gasteiger partial charge in [0, 0.05) is 36.8 Å². The van der Waals surface area contributed by atoms with Crippen LogP contribution in [0.15, 0.2) is 48.5 Å². The van der Waals surface area contributed by atoms with Gasteiger partial charge in [0.15, 0.2) is 0 Å². The lowest BCUT2D eigenvalue weighted by Gasteiger charge is -2.23. The SMILES string of the molecule is CCCCN1CC(C(=O)Nc2ccc(C(=O)Nc3ccccc3C(=O)NC3CCCCC3)cc2)CC1=O. The van der Waals surface area contributed by atoms with Crippen molar-refractivity contribution in [3.8, 4) is 0 Å². The molecule has 37 heavy (non-hydrogen) atoms. The van der Waals surface area contributed by atoms with Gasteiger partial charge in [-0.25, -0.2) is 0 Å². The van der Waals surface area contributed by atoms with Crippen LogP contribution in [0.25, 0.3) is 0 Å². The zero-order chi connectivity index (χ0) is 26.2. The predicted molar refractivity (Wildman–Crippen MR) is 143 cm³/mol. The van der Waals surface area contributed by atoms with E-state index >= 15 is 0 Å². The number of hydrogen-bond donors (Lipinski definition) is 3. The molecular formula is C29H36N4O4. The zero-order valence-corrected chi connectivity index (χ0v) is 21.4. The Morgan fingerprint density at radius 3 is 2.38 bits per heavy atom. The van der Waals surface area contributed by atoms with Crippen molar-refractivity contribution in [1.82, 2.24) is 10.2 Å². The molecule has 0 radical (unpaired) electrons. The van der Waals surface area contributed by atoms with E-state index in [0.29, 0.717) is 35.6 Å². The van der Waals surface area contributed by atoms with Crippen LogP contribution in [0.4, 0.5) is 11.4 Å². The Balaban J connectivity index is 1.33. The van der Waals surface area contributed by atoms with E-state index in [2.05, 4.69) is 22.9 Å². The number of carbonyl (C=O) groups excluding carboxylic acids is 4. The molecule has 2 aromatic carbocycles. The third kappa shape index (κ3) is 6.96. The molecule has 2 fully saturated rings. The molecule has 2 aromatic rings. The molecule has 4 amide bonds. The Labute approximate surface area is 218 Å². The van der Waals surface area contributed by atoms with E-state index in [9.17, 15) is 19.2 Å². The Morgan fingerprint density at radius 2 is 1.65 bits per heavy atom. The Morgan fingerprint density at radius 1 is 0.919 bits per heavy atom. The van der Waals surface area contributed by atoms with Crippen molar-refractivity contribution in [1.29, 1.82) is 0 Å². The summed E-state index contributed by atoms with van der Waals surface area (Å²) in [6.45, 7) is 3.20. The van der Waals surface area contributed by atoms with E-state index in [0.717, 1.165) is 38.5 Å². The fraction of sp³-hybridized carbons (Fsp3) is 0.448. The highest BCUT2D eigenvalue weighted by molar-refractivity contribution is 6.09. The maximum atomic E-state index is 12.9. The fourth-order valence-corrected chi connectivity index (χ4v) is 4.96. The van der Waals surface area contributed by atoms with Crippen LogP contribution in [0.2, 0.25) is 0 Å². The quantitative estimate of drug-likeness (QED) is 0.464. The molecule has 8 nitrogen and oxygen atoms in total. The molecule has 1 aliphatic heterocycles. The Kier molecular flexibility index (Phi) is 8.93. The van der Waals surface area contributed by atoms with Crippen molar-refractivity contribution in [3.05, 3.63) is 59.7 Å². The van der Waals surface area contributed by atoms with Crippen molar-refractivity contribution in [2.24, 2.45) is 5.92 Å². The van der Waals surface area contributed by atoms with Crippen LogP contribution in [0, 0.1) is 5.92 Å². The highest BCUT2D eigenvalue weighted by Gasteiger charge is 2.33. The second-order valence-electron chi connectivity index (χ2n) is 9.97. The van der Waals surface area contributed by atoms with Crippen LogP contribution in [0.1, 0.15) is 79.0 Å². The summed E-state index contributed by atoms with van der Waals surface area (Å²) in [7, 11) is 0. The molecule has 0 aromatic heterocycles. The summed E-state index contributed by atoms with van der Waals surface area (Å²) >= 11 is 0.